The zero-order chi connectivity index (χ0) is 25.9. The molecule has 6 nitrogen and oxygen atoms in total. The molecule has 1 saturated carbocycles. The molecule has 0 N–H and O–H groups in total. The van der Waals surface area contributed by atoms with Crippen molar-refractivity contribution < 1.29 is 23.9 Å². The van der Waals surface area contributed by atoms with Crippen molar-refractivity contribution in [3.05, 3.63) is 77.0 Å². The van der Waals surface area contributed by atoms with E-state index in [0.29, 0.717) is 29.9 Å². The van der Waals surface area contributed by atoms with Crippen LogP contribution in [-0.4, -0.2) is 29.5 Å². The summed E-state index contributed by atoms with van der Waals surface area (Å²) < 4.78 is 11.2. The molecule has 0 amide bonds. The Hall–Kier alpha value is -3.54. The predicted octanol–water partition coefficient (Wildman–Crippen LogP) is 6.06. The third kappa shape index (κ3) is 5.43. The minimum atomic E-state index is -0.669. The van der Waals surface area contributed by atoms with E-state index in [4.69, 9.17) is 14.5 Å². The lowest BCUT2D eigenvalue weighted by atomic mass is 9.69. The van der Waals surface area contributed by atoms with E-state index in [-0.39, 0.29) is 23.8 Å². The fraction of sp³-hybridized carbons (Fsp3) is 0.419. The highest BCUT2D eigenvalue weighted by Crippen LogP contribution is 2.47. The lowest BCUT2D eigenvalue weighted by Gasteiger charge is -2.37. The molecule has 3 atom stereocenters. The molecule has 6 heteroatoms. The number of ketones is 1. The predicted molar refractivity (Wildman–Crippen MR) is 141 cm³/mol. The summed E-state index contributed by atoms with van der Waals surface area (Å²) in [4.78, 5) is 43.6. The van der Waals surface area contributed by atoms with Gasteiger partial charge in [0.2, 0.25) is 0 Å². The molecule has 2 aromatic carbocycles. The molecule has 1 fully saturated rings. The largest absolute Gasteiger partial charge is 0.462 e. The van der Waals surface area contributed by atoms with Crippen molar-refractivity contribution in [2.45, 2.75) is 76.7 Å². The Balaban J connectivity index is 1.52. The molecule has 3 aliphatic rings. The summed E-state index contributed by atoms with van der Waals surface area (Å²) in [5, 5.41) is 0. The highest BCUT2D eigenvalue weighted by Gasteiger charge is 2.45. The molecular formula is C31H33NO5. The second kappa shape index (κ2) is 10.8. The van der Waals surface area contributed by atoms with Crippen LogP contribution in [0.15, 0.2) is 70.9 Å². The average Bonchev–Trinajstić information content (AvgIpc) is 2.89. The van der Waals surface area contributed by atoms with Gasteiger partial charge in [-0.15, -0.1) is 0 Å². The van der Waals surface area contributed by atoms with Gasteiger partial charge < -0.3 is 9.47 Å². The van der Waals surface area contributed by atoms with Crippen LogP contribution in [0.25, 0.3) is 0 Å². The van der Waals surface area contributed by atoms with Gasteiger partial charge in [-0.1, -0.05) is 48.9 Å². The summed E-state index contributed by atoms with van der Waals surface area (Å²) in [5.74, 6) is -1.37. The summed E-state index contributed by atoms with van der Waals surface area (Å²) in [6, 6.07) is 17.2. The Morgan fingerprint density at radius 2 is 1.59 bits per heavy atom. The van der Waals surface area contributed by atoms with Gasteiger partial charge in [-0.05, 0) is 68.2 Å². The molecular weight excluding hydrogens is 466 g/mol. The fourth-order valence-corrected chi connectivity index (χ4v) is 6.02. The third-order valence-corrected chi connectivity index (χ3v) is 7.75. The van der Waals surface area contributed by atoms with Gasteiger partial charge in [0.05, 0.1) is 0 Å². The van der Waals surface area contributed by atoms with Crippen LogP contribution >= 0.6 is 0 Å². The van der Waals surface area contributed by atoms with Gasteiger partial charge in [0.15, 0.2) is 5.78 Å². The van der Waals surface area contributed by atoms with E-state index in [1.54, 1.807) is 12.1 Å². The van der Waals surface area contributed by atoms with Crippen LogP contribution in [0.4, 0.5) is 0 Å². The van der Waals surface area contributed by atoms with Crippen LogP contribution < -0.4 is 4.74 Å². The van der Waals surface area contributed by atoms with Crippen LogP contribution in [0.2, 0.25) is 0 Å². The molecule has 1 heterocycles. The van der Waals surface area contributed by atoms with Crippen molar-refractivity contribution in [3.8, 4) is 5.75 Å². The number of esters is 2. The molecule has 2 aromatic rings. The number of carbonyl (C=O) groups is 3. The number of ether oxygens (including phenoxy) is 2. The number of allylic oxidation sites excluding steroid dienone is 2. The molecule has 0 spiro atoms. The van der Waals surface area contributed by atoms with Crippen LogP contribution in [0.1, 0.15) is 81.8 Å². The highest BCUT2D eigenvalue weighted by molar-refractivity contribution is 6.09. The average molecular weight is 500 g/mol. The standard InChI is InChI=1S/C31H33NO5/c1-19-28(31(35)37-24-11-7-4-8-12-24)29(22-13-15-25(16-14-22)36-20(2)33)30-26(32-19)17-23(18-27(30)34)21-9-5-3-6-10-21/h3,5-6,9-10,13-16,23-24,28-29H,4,7-8,11-12,17-18H2,1-2H3/t23-,28?,29-/m1/s1. The van der Waals surface area contributed by atoms with Crippen molar-refractivity contribution in [2.24, 2.45) is 10.9 Å². The first-order valence-corrected chi connectivity index (χ1v) is 13.3. The molecule has 37 heavy (non-hydrogen) atoms. The Bertz CT molecular complexity index is 1240. The van der Waals surface area contributed by atoms with Gasteiger partial charge in [0.1, 0.15) is 17.8 Å². The zero-order valence-corrected chi connectivity index (χ0v) is 21.4. The lowest BCUT2D eigenvalue weighted by Crippen LogP contribution is -2.39. The Morgan fingerprint density at radius 1 is 0.892 bits per heavy atom. The lowest BCUT2D eigenvalue weighted by molar-refractivity contribution is -0.153. The first kappa shape index (κ1) is 25.1. The topological polar surface area (TPSA) is 82.0 Å². The van der Waals surface area contributed by atoms with E-state index in [1.807, 2.05) is 37.3 Å². The normalized spacial score (nSPS) is 24.2. The molecule has 1 aliphatic heterocycles. The van der Waals surface area contributed by atoms with Crippen molar-refractivity contribution in [2.75, 3.05) is 0 Å². The van der Waals surface area contributed by atoms with E-state index in [2.05, 4.69) is 12.1 Å². The summed E-state index contributed by atoms with van der Waals surface area (Å²) in [6.07, 6.45) is 5.99. The highest BCUT2D eigenvalue weighted by atomic mass is 16.5. The van der Waals surface area contributed by atoms with Crippen molar-refractivity contribution >= 4 is 23.4 Å². The molecule has 192 valence electrons. The van der Waals surface area contributed by atoms with E-state index >= 15 is 0 Å². The molecule has 0 saturated heterocycles. The van der Waals surface area contributed by atoms with Gasteiger partial charge in [-0.2, -0.15) is 0 Å². The first-order valence-electron chi connectivity index (χ1n) is 13.3. The number of carbonyl (C=O) groups excluding carboxylic acids is 3. The van der Waals surface area contributed by atoms with E-state index < -0.39 is 17.8 Å². The van der Waals surface area contributed by atoms with Gasteiger partial charge in [-0.3, -0.25) is 19.4 Å². The Morgan fingerprint density at radius 3 is 2.27 bits per heavy atom. The molecule has 0 aromatic heterocycles. The monoisotopic (exact) mass is 499 g/mol. The van der Waals surface area contributed by atoms with E-state index in [0.717, 1.165) is 42.5 Å². The van der Waals surface area contributed by atoms with Crippen molar-refractivity contribution in [1.82, 2.24) is 0 Å². The maximum absolute atomic E-state index is 13.7. The summed E-state index contributed by atoms with van der Waals surface area (Å²) in [6.45, 7) is 3.22. The van der Waals surface area contributed by atoms with Crippen LogP contribution in [0.5, 0.6) is 5.75 Å². The molecule has 1 unspecified atom stereocenters. The Labute approximate surface area is 217 Å². The first-order chi connectivity index (χ1) is 17.9. The SMILES string of the molecule is CC(=O)Oc1ccc([C@H]2C3=C(C[C@@H](c4ccccc4)CC3=O)N=C(C)C2C(=O)OC2CCCCC2)cc1. The Kier molecular flexibility index (Phi) is 7.36. The molecule has 2 aliphatic carbocycles. The van der Waals surface area contributed by atoms with Crippen molar-refractivity contribution in [1.29, 1.82) is 0 Å². The minimum Gasteiger partial charge on any atom is -0.462 e. The quantitative estimate of drug-likeness (QED) is 0.369. The second-order valence-electron chi connectivity index (χ2n) is 10.4. The van der Waals surface area contributed by atoms with Gasteiger partial charge in [0, 0.05) is 36.2 Å². The zero-order valence-electron chi connectivity index (χ0n) is 21.4. The van der Waals surface area contributed by atoms with Crippen LogP contribution in [0.3, 0.4) is 0 Å². The number of aliphatic imine (C=N–C) groups is 1. The smallest absolute Gasteiger partial charge is 0.315 e. The molecule has 0 radical (unpaired) electrons. The fourth-order valence-electron chi connectivity index (χ4n) is 6.02. The second-order valence-corrected chi connectivity index (χ2v) is 10.4. The van der Waals surface area contributed by atoms with Gasteiger partial charge >= 0.3 is 11.9 Å². The number of nitrogens with zero attached hydrogens (tertiary/aromatic N) is 1. The number of benzene rings is 2. The summed E-state index contributed by atoms with van der Waals surface area (Å²) in [5.41, 5.74) is 3.99. The number of Topliss-reactive ketones (excluding diaryl/α,β-unsaturated/α-hetero) is 1. The summed E-state index contributed by atoms with van der Waals surface area (Å²) in [7, 11) is 0. The van der Waals surface area contributed by atoms with E-state index in [1.165, 1.54) is 13.3 Å². The molecule has 0 bridgehead atoms. The third-order valence-electron chi connectivity index (χ3n) is 7.75. The van der Waals surface area contributed by atoms with Crippen LogP contribution in [-0.2, 0) is 19.1 Å². The van der Waals surface area contributed by atoms with Gasteiger partial charge in [-0.25, -0.2) is 0 Å². The minimum absolute atomic E-state index is 0.0240. The number of rotatable bonds is 5. The van der Waals surface area contributed by atoms with Crippen molar-refractivity contribution in [3.63, 3.8) is 0 Å². The number of hydrogen-bond donors (Lipinski definition) is 0. The van der Waals surface area contributed by atoms with Gasteiger partial charge in [0.25, 0.3) is 0 Å². The maximum atomic E-state index is 13.7. The molecule has 5 rings (SSSR count). The van der Waals surface area contributed by atoms with E-state index in [9.17, 15) is 14.4 Å². The summed E-state index contributed by atoms with van der Waals surface area (Å²) >= 11 is 0. The number of hydrogen-bond acceptors (Lipinski definition) is 6. The maximum Gasteiger partial charge on any atom is 0.315 e. The van der Waals surface area contributed by atoms with Crippen LogP contribution in [0, 0.1) is 5.92 Å².